The van der Waals surface area contributed by atoms with Gasteiger partial charge in [-0.1, -0.05) is 166 Å². The predicted molar refractivity (Wildman–Crippen MR) is 217 cm³/mol. The molecule has 0 saturated carbocycles. The Hall–Kier alpha value is -1.28. The van der Waals surface area contributed by atoms with E-state index in [9.17, 15) is 19.4 Å². The number of unbranched alkanes of at least 4 members (excludes halogenated alkanes) is 23. The van der Waals surface area contributed by atoms with Crippen LogP contribution in [0.3, 0.4) is 0 Å². The number of allylic oxidation sites excluding steroid dienone is 5. The highest BCUT2D eigenvalue weighted by Crippen LogP contribution is 2.43. The van der Waals surface area contributed by atoms with Crippen molar-refractivity contribution in [3.05, 3.63) is 36.5 Å². The zero-order valence-corrected chi connectivity index (χ0v) is 34.0. The molecule has 0 aromatic carbocycles. The summed E-state index contributed by atoms with van der Waals surface area (Å²) in [5.74, 6) is -0.208. The number of aliphatic hydroxyl groups is 1. The molecule has 3 unspecified atom stereocenters. The summed E-state index contributed by atoms with van der Waals surface area (Å²) in [5.41, 5.74) is 5.36. The number of carbonyl (C=O) groups excluding carboxylic acids is 1. The molecule has 0 aliphatic heterocycles. The number of hydrogen-bond acceptors (Lipinski definition) is 6. The largest absolute Gasteiger partial charge is 0.472 e. The van der Waals surface area contributed by atoms with Crippen LogP contribution in [0, 0.1) is 0 Å². The lowest BCUT2D eigenvalue weighted by molar-refractivity contribution is -0.123. The minimum absolute atomic E-state index is 0.0735. The molecule has 0 rings (SSSR count). The van der Waals surface area contributed by atoms with Gasteiger partial charge in [0.1, 0.15) is 0 Å². The monoisotopic (exact) mass is 741 g/mol. The molecule has 0 aromatic heterocycles. The fourth-order valence-electron chi connectivity index (χ4n) is 5.97. The zero-order valence-electron chi connectivity index (χ0n) is 33.1. The lowest BCUT2D eigenvalue weighted by Gasteiger charge is -2.23. The molecule has 5 N–H and O–H groups in total. The van der Waals surface area contributed by atoms with Crippen LogP contribution in [0.25, 0.3) is 0 Å². The van der Waals surface area contributed by atoms with Crippen molar-refractivity contribution in [1.29, 1.82) is 0 Å². The Labute approximate surface area is 314 Å². The second kappa shape index (κ2) is 38.4. The number of carbonyl (C=O) groups is 1. The van der Waals surface area contributed by atoms with Crippen molar-refractivity contribution in [2.45, 2.75) is 206 Å². The number of amides is 1. The van der Waals surface area contributed by atoms with Gasteiger partial charge in [-0.05, 0) is 57.8 Å². The van der Waals surface area contributed by atoms with E-state index in [4.69, 9.17) is 14.8 Å². The number of phosphoric acid groups is 1. The first-order chi connectivity index (χ1) is 24.9. The van der Waals surface area contributed by atoms with Gasteiger partial charge in [-0.3, -0.25) is 13.8 Å². The minimum Gasteiger partial charge on any atom is -0.387 e. The summed E-state index contributed by atoms with van der Waals surface area (Å²) < 4.78 is 22.0. The zero-order chi connectivity index (χ0) is 37.5. The van der Waals surface area contributed by atoms with Gasteiger partial charge in [-0.15, -0.1) is 0 Å². The van der Waals surface area contributed by atoms with Gasteiger partial charge in [0.25, 0.3) is 0 Å². The van der Waals surface area contributed by atoms with Gasteiger partial charge in [0.2, 0.25) is 5.91 Å². The summed E-state index contributed by atoms with van der Waals surface area (Å²) in [6.07, 6.45) is 44.9. The predicted octanol–water partition coefficient (Wildman–Crippen LogP) is 11.6. The molecule has 1 amide bonds. The van der Waals surface area contributed by atoms with Crippen LogP contribution < -0.4 is 11.1 Å². The first-order valence-electron chi connectivity index (χ1n) is 21.1. The van der Waals surface area contributed by atoms with Crippen LogP contribution in [-0.2, 0) is 18.4 Å². The van der Waals surface area contributed by atoms with E-state index in [1.807, 2.05) is 6.08 Å². The molecule has 0 radical (unpaired) electrons. The average molecular weight is 741 g/mol. The van der Waals surface area contributed by atoms with Gasteiger partial charge in [0, 0.05) is 13.0 Å². The van der Waals surface area contributed by atoms with Crippen molar-refractivity contribution in [1.82, 2.24) is 5.32 Å². The quantitative estimate of drug-likeness (QED) is 0.0280. The molecule has 300 valence electrons. The van der Waals surface area contributed by atoms with Crippen molar-refractivity contribution in [2.24, 2.45) is 5.73 Å². The molecule has 8 nitrogen and oxygen atoms in total. The maximum Gasteiger partial charge on any atom is 0.472 e. The summed E-state index contributed by atoms with van der Waals surface area (Å²) in [6.45, 7) is 4.08. The highest BCUT2D eigenvalue weighted by molar-refractivity contribution is 7.47. The molecule has 0 saturated heterocycles. The van der Waals surface area contributed by atoms with Crippen molar-refractivity contribution >= 4 is 13.7 Å². The Morgan fingerprint density at radius 3 is 1.51 bits per heavy atom. The molecular formula is C42H81N2O6P. The Morgan fingerprint density at radius 2 is 1.04 bits per heavy atom. The van der Waals surface area contributed by atoms with E-state index in [1.54, 1.807) is 6.08 Å². The molecule has 0 heterocycles. The van der Waals surface area contributed by atoms with Crippen molar-refractivity contribution in [2.75, 3.05) is 19.8 Å². The third-order valence-corrected chi connectivity index (χ3v) is 10.2. The summed E-state index contributed by atoms with van der Waals surface area (Å²) in [5, 5.41) is 13.6. The summed E-state index contributed by atoms with van der Waals surface area (Å²) in [4.78, 5) is 22.6. The normalized spacial score (nSPS) is 14.5. The van der Waals surface area contributed by atoms with Crippen LogP contribution in [0.5, 0.6) is 0 Å². The molecule has 0 bridgehead atoms. The second-order valence-corrected chi connectivity index (χ2v) is 15.6. The van der Waals surface area contributed by atoms with E-state index in [1.165, 1.54) is 135 Å². The van der Waals surface area contributed by atoms with Gasteiger partial charge < -0.3 is 21.1 Å². The number of rotatable bonds is 39. The van der Waals surface area contributed by atoms with Crippen LogP contribution in [-0.4, -0.2) is 47.8 Å². The second-order valence-electron chi connectivity index (χ2n) is 14.2. The lowest BCUT2D eigenvalue weighted by atomic mass is 10.0. The van der Waals surface area contributed by atoms with Gasteiger partial charge in [-0.25, -0.2) is 4.57 Å². The molecule has 51 heavy (non-hydrogen) atoms. The van der Waals surface area contributed by atoms with Crippen molar-refractivity contribution < 1.29 is 28.4 Å². The Bertz CT molecular complexity index is 897. The molecule has 0 aliphatic rings. The molecule has 0 aromatic rings. The van der Waals surface area contributed by atoms with Crippen LogP contribution in [0.2, 0.25) is 0 Å². The van der Waals surface area contributed by atoms with Crippen LogP contribution in [0.15, 0.2) is 36.5 Å². The highest BCUT2D eigenvalue weighted by atomic mass is 31.2. The van der Waals surface area contributed by atoms with Crippen molar-refractivity contribution in [3.8, 4) is 0 Å². The van der Waals surface area contributed by atoms with E-state index >= 15 is 0 Å². The van der Waals surface area contributed by atoms with Crippen LogP contribution in [0.4, 0.5) is 0 Å². The Kier molecular flexibility index (Phi) is 37.5. The first kappa shape index (κ1) is 49.7. The number of phosphoric ester groups is 1. The Morgan fingerprint density at radius 1 is 0.627 bits per heavy atom. The molecular weight excluding hydrogens is 659 g/mol. The van der Waals surface area contributed by atoms with Gasteiger partial charge >= 0.3 is 7.82 Å². The number of nitrogens with two attached hydrogens (primary N) is 1. The van der Waals surface area contributed by atoms with E-state index in [2.05, 4.69) is 43.5 Å². The first-order valence-corrected chi connectivity index (χ1v) is 22.6. The summed E-state index contributed by atoms with van der Waals surface area (Å²) in [6, 6.07) is -0.875. The number of hydrogen-bond donors (Lipinski definition) is 4. The SMILES string of the molecule is CCCCCCC/C=C/CC/C=C/C(O)C(COP(=O)(O)OCCN)NC(=O)CCCCCCCCCCC/C=C\CCCCCCCCCC. The smallest absolute Gasteiger partial charge is 0.387 e. The summed E-state index contributed by atoms with van der Waals surface area (Å²) >= 11 is 0. The van der Waals surface area contributed by atoms with E-state index in [0.717, 1.165) is 38.5 Å². The third kappa shape index (κ3) is 36.9. The number of aliphatic hydroxyl groups excluding tert-OH is 1. The summed E-state index contributed by atoms with van der Waals surface area (Å²) in [7, 11) is -4.34. The van der Waals surface area contributed by atoms with Gasteiger partial charge in [0.15, 0.2) is 0 Å². The highest BCUT2D eigenvalue weighted by Gasteiger charge is 2.26. The molecule has 0 fully saturated rings. The van der Waals surface area contributed by atoms with E-state index in [0.29, 0.717) is 6.42 Å². The maximum atomic E-state index is 12.7. The van der Waals surface area contributed by atoms with Crippen LogP contribution in [0.1, 0.15) is 194 Å². The molecule has 0 aliphatic carbocycles. The fourth-order valence-corrected chi connectivity index (χ4v) is 6.72. The lowest BCUT2D eigenvalue weighted by Crippen LogP contribution is -2.45. The van der Waals surface area contributed by atoms with E-state index < -0.39 is 20.0 Å². The Balaban J connectivity index is 4.16. The van der Waals surface area contributed by atoms with Crippen molar-refractivity contribution in [3.63, 3.8) is 0 Å². The van der Waals surface area contributed by atoms with Gasteiger partial charge in [0.05, 0.1) is 25.4 Å². The standard InChI is InChI=1S/C42H81N2O6P/c1-3-5-7-9-11-13-15-16-17-18-19-20-21-22-23-24-26-28-30-32-34-36-42(46)44-40(39-50-51(47,48)49-38-37-43)41(45)35-33-31-29-27-25-14-12-10-8-6-4-2/h18-19,25,27,33,35,40-41,45H,3-17,20-24,26,28-32,34,36-39,43H2,1-2H3,(H,44,46)(H,47,48)/b19-18-,27-25+,35-33+. The number of nitrogens with one attached hydrogen (secondary N) is 1. The fraction of sp³-hybridized carbons (Fsp3) is 0.833. The third-order valence-electron chi connectivity index (χ3n) is 9.19. The average Bonchev–Trinajstić information content (AvgIpc) is 3.12. The van der Waals surface area contributed by atoms with Gasteiger partial charge in [-0.2, -0.15) is 0 Å². The molecule has 3 atom stereocenters. The van der Waals surface area contributed by atoms with Crippen LogP contribution >= 0.6 is 7.82 Å². The molecule has 9 heteroatoms. The topological polar surface area (TPSA) is 131 Å². The minimum atomic E-state index is -4.34. The maximum absolute atomic E-state index is 12.7. The van der Waals surface area contributed by atoms with E-state index in [-0.39, 0.29) is 25.7 Å². The molecule has 0 spiro atoms.